The van der Waals surface area contributed by atoms with Crippen molar-refractivity contribution in [1.82, 2.24) is 10.2 Å². The maximum absolute atomic E-state index is 12.3. The lowest BCUT2D eigenvalue weighted by Gasteiger charge is -2.37. The number of amides is 1. The minimum absolute atomic E-state index is 0.190. The zero-order chi connectivity index (χ0) is 18.6. The first-order valence-corrected chi connectivity index (χ1v) is 9.94. The van der Waals surface area contributed by atoms with Gasteiger partial charge in [0.2, 0.25) is 0 Å². The van der Waals surface area contributed by atoms with Gasteiger partial charge in [-0.15, -0.1) is 0 Å². The van der Waals surface area contributed by atoms with Crippen molar-refractivity contribution in [3.05, 3.63) is 34.3 Å². The van der Waals surface area contributed by atoms with Crippen LogP contribution in [0, 0.1) is 5.92 Å². The smallest absolute Gasteiger partial charge is 0.410 e. The van der Waals surface area contributed by atoms with E-state index in [1.54, 1.807) is 0 Å². The van der Waals surface area contributed by atoms with Gasteiger partial charge in [0.1, 0.15) is 5.60 Å². The molecule has 1 aromatic carbocycles. The molecule has 140 valence electrons. The highest BCUT2D eigenvalue weighted by Gasteiger charge is 2.30. The highest BCUT2D eigenvalue weighted by atomic mass is 79.9. The summed E-state index contributed by atoms with van der Waals surface area (Å²) in [6.07, 6.45) is 1.98. The van der Waals surface area contributed by atoms with E-state index in [1.165, 1.54) is 5.56 Å². The second kappa shape index (κ2) is 8.54. The molecule has 5 heteroatoms. The maximum Gasteiger partial charge on any atom is 0.410 e. The third kappa shape index (κ3) is 6.30. The number of piperidine rings is 1. The van der Waals surface area contributed by atoms with E-state index in [0.717, 1.165) is 30.4 Å². The number of carbonyl (C=O) groups excluding carboxylic acids is 1. The van der Waals surface area contributed by atoms with E-state index in [1.807, 2.05) is 31.7 Å². The molecule has 2 unspecified atom stereocenters. The first-order chi connectivity index (χ1) is 11.7. The van der Waals surface area contributed by atoms with Gasteiger partial charge < -0.3 is 15.0 Å². The highest BCUT2D eigenvalue weighted by Crippen LogP contribution is 2.24. The molecule has 3 atom stereocenters. The number of halogens is 1. The Bertz CT molecular complexity index is 585. The lowest BCUT2D eigenvalue weighted by atomic mass is 9.91. The van der Waals surface area contributed by atoms with Crippen molar-refractivity contribution < 1.29 is 9.53 Å². The van der Waals surface area contributed by atoms with Crippen molar-refractivity contribution in [2.45, 2.75) is 65.1 Å². The van der Waals surface area contributed by atoms with E-state index in [-0.39, 0.29) is 12.1 Å². The van der Waals surface area contributed by atoms with Crippen LogP contribution >= 0.6 is 15.9 Å². The van der Waals surface area contributed by atoms with E-state index in [2.05, 4.69) is 53.3 Å². The average molecular weight is 411 g/mol. The molecule has 0 bridgehead atoms. The summed E-state index contributed by atoms with van der Waals surface area (Å²) in [6.45, 7) is 11.7. The number of likely N-dealkylation sites (tertiary alicyclic amines) is 1. The summed E-state index contributed by atoms with van der Waals surface area (Å²) in [4.78, 5) is 14.2. The van der Waals surface area contributed by atoms with Gasteiger partial charge in [0.25, 0.3) is 0 Å². The first-order valence-electron chi connectivity index (χ1n) is 9.15. The van der Waals surface area contributed by atoms with Gasteiger partial charge in [0.15, 0.2) is 0 Å². The summed E-state index contributed by atoms with van der Waals surface area (Å²) >= 11 is 3.54. The zero-order valence-electron chi connectivity index (χ0n) is 16.0. The first kappa shape index (κ1) is 20.2. The van der Waals surface area contributed by atoms with Crippen LogP contribution in [-0.2, 0) is 4.74 Å². The van der Waals surface area contributed by atoms with E-state index in [0.29, 0.717) is 12.0 Å². The van der Waals surface area contributed by atoms with Gasteiger partial charge in [-0.3, -0.25) is 0 Å². The molecule has 1 aliphatic rings. The molecule has 1 heterocycles. The normalized spacial score (nSPS) is 20.9. The highest BCUT2D eigenvalue weighted by molar-refractivity contribution is 9.10. The number of carbonyl (C=O) groups is 1. The van der Waals surface area contributed by atoms with Crippen LogP contribution in [0.3, 0.4) is 0 Å². The summed E-state index contributed by atoms with van der Waals surface area (Å²) in [5.41, 5.74) is 0.823. The van der Waals surface area contributed by atoms with E-state index < -0.39 is 5.60 Å². The van der Waals surface area contributed by atoms with Crippen LogP contribution < -0.4 is 5.32 Å². The lowest BCUT2D eigenvalue weighted by molar-refractivity contribution is 0.0146. The number of hydrogen-bond acceptors (Lipinski definition) is 3. The molecule has 1 N–H and O–H groups in total. The fourth-order valence-electron chi connectivity index (χ4n) is 3.31. The monoisotopic (exact) mass is 410 g/mol. The van der Waals surface area contributed by atoms with Gasteiger partial charge in [0, 0.05) is 29.6 Å². The van der Waals surface area contributed by atoms with Gasteiger partial charge in [-0.1, -0.05) is 28.1 Å². The number of ether oxygens (including phenoxy) is 1. The molecule has 2 rings (SSSR count). The van der Waals surface area contributed by atoms with Crippen molar-refractivity contribution in [2.75, 3.05) is 13.1 Å². The van der Waals surface area contributed by atoms with Gasteiger partial charge >= 0.3 is 6.09 Å². The Morgan fingerprint density at radius 1 is 1.36 bits per heavy atom. The van der Waals surface area contributed by atoms with E-state index in [9.17, 15) is 4.79 Å². The van der Waals surface area contributed by atoms with Crippen LogP contribution in [0.2, 0.25) is 0 Å². The lowest BCUT2D eigenvalue weighted by Crippen LogP contribution is -2.48. The van der Waals surface area contributed by atoms with E-state index >= 15 is 0 Å². The molecule has 0 aromatic heterocycles. The van der Waals surface area contributed by atoms with Crippen LogP contribution in [0.25, 0.3) is 0 Å². The van der Waals surface area contributed by atoms with Crippen LogP contribution in [0.1, 0.15) is 59.1 Å². The van der Waals surface area contributed by atoms with Gasteiger partial charge in [0.05, 0.1) is 0 Å². The summed E-state index contributed by atoms with van der Waals surface area (Å²) < 4.78 is 6.63. The van der Waals surface area contributed by atoms with Crippen LogP contribution in [0.15, 0.2) is 28.7 Å². The maximum atomic E-state index is 12.3. The van der Waals surface area contributed by atoms with Crippen molar-refractivity contribution in [1.29, 1.82) is 0 Å². The van der Waals surface area contributed by atoms with Crippen LogP contribution in [-0.4, -0.2) is 35.7 Å². The Labute approximate surface area is 160 Å². The number of nitrogens with one attached hydrogen (secondary N) is 1. The Morgan fingerprint density at radius 3 is 2.72 bits per heavy atom. The largest absolute Gasteiger partial charge is 0.444 e. The molecule has 0 saturated carbocycles. The van der Waals surface area contributed by atoms with Crippen molar-refractivity contribution in [2.24, 2.45) is 5.92 Å². The molecule has 1 fully saturated rings. The zero-order valence-corrected chi connectivity index (χ0v) is 17.6. The summed E-state index contributed by atoms with van der Waals surface area (Å²) in [7, 11) is 0. The SMILES string of the molecule is CC(N[C@@H](C)c1cccc(Br)c1)C1CCCN(C(=O)OC(C)(C)C)C1. The van der Waals surface area contributed by atoms with Gasteiger partial charge in [-0.25, -0.2) is 4.79 Å². The number of benzene rings is 1. The summed E-state index contributed by atoms with van der Waals surface area (Å²) in [6, 6.07) is 9.00. The van der Waals surface area contributed by atoms with Crippen LogP contribution in [0.5, 0.6) is 0 Å². The molecule has 0 radical (unpaired) electrons. The molecule has 4 nitrogen and oxygen atoms in total. The molecular formula is C20H31BrN2O2. The predicted molar refractivity (Wildman–Crippen MR) is 106 cm³/mol. The van der Waals surface area contributed by atoms with Gasteiger partial charge in [-0.2, -0.15) is 0 Å². The minimum Gasteiger partial charge on any atom is -0.444 e. The van der Waals surface area contributed by atoms with Crippen molar-refractivity contribution in [3.8, 4) is 0 Å². The fourth-order valence-corrected chi connectivity index (χ4v) is 3.73. The molecule has 1 amide bonds. The quantitative estimate of drug-likeness (QED) is 0.747. The average Bonchev–Trinajstić information content (AvgIpc) is 2.53. The Balaban J connectivity index is 1.92. The van der Waals surface area contributed by atoms with Crippen molar-refractivity contribution >= 4 is 22.0 Å². The molecular weight excluding hydrogens is 380 g/mol. The topological polar surface area (TPSA) is 41.6 Å². The molecule has 0 spiro atoms. The Hall–Kier alpha value is -1.07. The number of rotatable bonds is 4. The van der Waals surface area contributed by atoms with Crippen molar-refractivity contribution in [3.63, 3.8) is 0 Å². The second-order valence-corrected chi connectivity index (χ2v) is 8.98. The Kier molecular flexibility index (Phi) is 6.92. The molecule has 1 aromatic rings. The molecule has 25 heavy (non-hydrogen) atoms. The molecule has 1 saturated heterocycles. The molecule has 0 aliphatic carbocycles. The fraction of sp³-hybridized carbons (Fsp3) is 0.650. The standard InChI is InChI=1S/C20H31BrN2O2/c1-14(16-8-6-10-18(21)12-16)22-15(2)17-9-7-11-23(13-17)19(24)25-20(3,4)5/h6,8,10,12,14-15,17,22H,7,9,11,13H2,1-5H3/t14-,15?,17?/m0/s1. The van der Waals surface area contributed by atoms with Gasteiger partial charge in [-0.05, 0) is 71.1 Å². The summed E-state index contributed by atoms with van der Waals surface area (Å²) in [5.74, 6) is 0.441. The summed E-state index contributed by atoms with van der Waals surface area (Å²) in [5, 5.41) is 3.70. The predicted octanol–water partition coefficient (Wildman–Crippen LogP) is 5.14. The third-order valence-corrected chi connectivity index (χ3v) is 5.17. The Morgan fingerprint density at radius 2 is 2.08 bits per heavy atom. The van der Waals surface area contributed by atoms with E-state index in [4.69, 9.17) is 4.74 Å². The second-order valence-electron chi connectivity index (χ2n) is 8.06. The number of hydrogen-bond donors (Lipinski definition) is 1. The molecule has 1 aliphatic heterocycles. The van der Waals surface area contributed by atoms with Crippen LogP contribution in [0.4, 0.5) is 4.79 Å². The third-order valence-electron chi connectivity index (χ3n) is 4.68. The minimum atomic E-state index is -0.441. The number of nitrogens with zero attached hydrogens (tertiary/aromatic N) is 1.